The van der Waals surface area contributed by atoms with Crippen LogP contribution in [0.5, 0.6) is 17.2 Å². The van der Waals surface area contributed by atoms with Crippen molar-refractivity contribution in [3.8, 4) is 17.2 Å². The summed E-state index contributed by atoms with van der Waals surface area (Å²) in [6.45, 7) is -0.112. The predicted molar refractivity (Wildman–Crippen MR) is 95.4 cm³/mol. The van der Waals surface area contributed by atoms with Gasteiger partial charge in [-0.1, -0.05) is 12.1 Å². The Labute approximate surface area is 168 Å². The fourth-order valence-corrected chi connectivity index (χ4v) is 3.47. The molecule has 1 fully saturated rings. The molecule has 0 spiro atoms. The summed E-state index contributed by atoms with van der Waals surface area (Å²) in [6, 6.07) is 6.44. The van der Waals surface area contributed by atoms with Crippen LogP contribution in [0.25, 0.3) is 0 Å². The first kappa shape index (κ1) is 21.7. The second-order valence-corrected chi connectivity index (χ2v) is 6.57. The van der Waals surface area contributed by atoms with E-state index in [2.05, 4.69) is 4.74 Å². The van der Waals surface area contributed by atoms with Crippen molar-refractivity contribution in [1.82, 2.24) is 4.90 Å². The Hall–Kier alpha value is -3.04. The van der Waals surface area contributed by atoms with Gasteiger partial charge in [0.2, 0.25) is 0 Å². The second kappa shape index (κ2) is 8.37. The lowest BCUT2D eigenvalue weighted by Crippen LogP contribution is -2.30. The number of methoxy groups -OCH3 is 2. The van der Waals surface area contributed by atoms with Crippen LogP contribution in [0.15, 0.2) is 36.4 Å². The van der Waals surface area contributed by atoms with Gasteiger partial charge in [-0.25, -0.2) is 8.78 Å². The van der Waals surface area contributed by atoms with Gasteiger partial charge >= 0.3 is 6.36 Å². The predicted octanol–water partition coefficient (Wildman–Crippen LogP) is 4.55. The molecular formula is C20H18F5NO4. The maximum atomic E-state index is 14.3. The molecule has 1 aliphatic heterocycles. The Bertz CT molecular complexity index is 917. The summed E-state index contributed by atoms with van der Waals surface area (Å²) in [4.78, 5) is 13.6. The molecule has 0 bridgehead atoms. The number of rotatable bonds is 6. The van der Waals surface area contributed by atoms with Crippen molar-refractivity contribution in [2.45, 2.75) is 31.5 Å². The maximum absolute atomic E-state index is 14.3. The highest BCUT2D eigenvalue weighted by Gasteiger charge is 2.43. The third-order valence-electron chi connectivity index (χ3n) is 4.73. The first-order valence-corrected chi connectivity index (χ1v) is 8.84. The molecule has 3 rings (SSSR count). The van der Waals surface area contributed by atoms with Crippen LogP contribution >= 0.6 is 0 Å². The molecule has 10 heteroatoms. The molecule has 1 saturated heterocycles. The van der Waals surface area contributed by atoms with E-state index in [1.54, 1.807) is 0 Å². The Balaban J connectivity index is 1.92. The molecule has 5 nitrogen and oxygen atoms in total. The lowest BCUT2D eigenvalue weighted by molar-refractivity contribution is -0.274. The van der Waals surface area contributed by atoms with Gasteiger partial charge in [0.1, 0.15) is 11.5 Å². The quantitative estimate of drug-likeness (QED) is 0.630. The van der Waals surface area contributed by atoms with E-state index in [-0.39, 0.29) is 30.0 Å². The van der Waals surface area contributed by atoms with Gasteiger partial charge in [-0.15, -0.1) is 13.2 Å². The third kappa shape index (κ3) is 4.42. The standard InChI is InChI=1S/C20H18F5NO4/c1-28-16-8-7-13(21)18(29-2)17(16)15-9-14(22)19(27)26(15)10-11-3-5-12(6-4-11)30-20(23,24)25/h3-8,14-15H,9-10H2,1-2H3/t14-,15+/m0/s1. The molecule has 1 heterocycles. The van der Waals surface area contributed by atoms with Crippen LogP contribution in [0.2, 0.25) is 0 Å². The Morgan fingerprint density at radius 2 is 1.73 bits per heavy atom. The number of amides is 1. The van der Waals surface area contributed by atoms with E-state index < -0.39 is 36.0 Å². The van der Waals surface area contributed by atoms with Crippen LogP contribution in [0.4, 0.5) is 22.0 Å². The largest absolute Gasteiger partial charge is 0.573 e. The maximum Gasteiger partial charge on any atom is 0.573 e. The highest BCUT2D eigenvalue weighted by Crippen LogP contribution is 2.45. The lowest BCUT2D eigenvalue weighted by Gasteiger charge is -2.27. The summed E-state index contributed by atoms with van der Waals surface area (Å²) in [6.07, 6.45) is -6.89. The molecule has 0 unspecified atom stereocenters. The number of benzene rings is 2. The van der Waals surface area contributed by atoms with Gasteiger partial charge in [-0.2, -0.15) is 0 Å². The minimum absolute atomic E-state index is 0.112. The van der Waals surface area contributed by atoms with Gasteiger partial charge in [0.25, 0.3) is 5.91 Å². The van der Waals surface area contributed by atoms with Crippen molar-refractivity contribution in [3.63, 3.8) is 0 Å². The van der Waals surface area contributed by atoms with Crippen LogP contribution in [-0.2, 0) is 11.3 Å². The number of hydrogen-bond donors (Lipinski definition) is 0. The minimum atomic E-state index is -4.83. The molecular weight excluding hydrogens is 413 g/mol. The average molecular weight is 431 g/mol. The van der Waals surface area contributed by atoms with E-state index in [1.807, 2.05) is 0 Å². The first-order valence-electron chi connectivity index (χ1n) is 8.84. The summed E-state index contributed by atoms with van der Waals surface area (Å²) in [7, 11) is 2.60. The van der Waals surface area contributed by atoms with Crippen molar-refractivity contribution in [3.05, 3.63) is 53.3 Å². The molecule has 0 saturated carbocycles. The number of carbonyl (C=O) groups is 1. The Morgan fingerprint density at radius 1 is 1.07 bits per heavy atom. The molecule has 0 aromatic heterocycles. The molecule has 1 aliphatic rings. The van der Waals surface area contributed by atoms with Crippen molar-refractivity contribution in [1.29, 1.82) is 0 Å². The molecule has 30 heavy (non-hydrogen) atoms. The number of carbonyl (C=O) groups excluding carboxylic acids is 1. The highest BCUT2D eigenvalue weighted by molar-refractivity contribution is 5.84. The van der Waals surface area contributed by atoms with Crippen molar-refractivity contribution < 1.29 is 41.0 Å². The molecule has 0 radical (unpaired) electrons. The molecule has 0 aliphatic carbocycles. The second-order valence-electron chi connectivity index (χ2n) is 6.57. The van der Waals surface area contributed by atoms with Crippen molar-refractivity contribution >= 4 is 5.91 Å². The summed E-state index contributed by atoms with van der Waals surface area (Å²) in [5, 5.41) is 0. The third-order valence-corrected chi connectivity index (χ3v) is 4.73. The van der Waals surface area contributed by atoms with Crippen molar-refractivity contribution in [2.24, 2.45) is 0 Å². The molecule has 0 N–H and O–H groups in total. The van der Waals surface area contributed by atoms with E-state index in [9.17, 15) is 26.7 Å². The zero-order valence-electron chi connectivity index (χ0n) is 16.0. The van der Waals surface area contributed by atoms with E-state index in [0.29, 0.717) is 5.56 Å². The topological polar surface area (TPSA) is 48.0 Å². The van der Waals surface area contributed by atoms with Crippen LogP contribution in [0.1, 0.15) is 23.6 Å². The lowest BCUT2D eigenvalue weighted by atomic mass is 10.0. The van der Waals surface area contributed by atoms with Gasteiger partial charge in [0.15, 0.2) is 17.7 Å². The summed E-state index contributed by atoms with van der Waals surface area (Å²) in [5.41, 5.74) is 0.622. The van der Waals surface area contributed by atoms with Gasteiger partial charge in [0.05, 0.1) is 25.8 Å². The fourth-order valence-electron chi connectivity index (χ4n) is 3.47. The Morgan fingerprint density at radius 3 is 2.30 bits per heavy atom. The van der Waals surface area contributed by atoms with Gasteiger partial charge < -0.3 is 19.1 Å². The van der Waals surface area contributed by atoms with E-state index in [4.69, 9.17) is 9.47 Å². The first-order chi connectivity index (χ1) is 14.1. The number of ether oxygens (including phenoxy) is 3. The summed E-state index contributed by atoms with van der Waals surface area (Å²) >= 11 is 0. The highest BCUT2D eigenvalue weighted by atomic mass is 19.4. The molecule has 1 amide bonds. The van der Waals surface area contributed by atoms with Gasteiger partial charge in [0, 0.05) is 13.0 Å². The van der Waals surface area contributed by atoms with Crippen molar-refractivity contribution in [2.75, 3.05) is 14.2 Å². The number of likely N-dealkylation sites (tertiary alicyclic amines) is 1. The number of halogens is 5. The fraction of sp³-hybridized carbons (Fsp3) is 0.350. The monoisotopic (exact) mass is 431 g/mol. The minimum Gasteiger partial charge on any atom is -0.496 e. The van der Waals surface area contributed by atoms with Crippen LogP contribution < -0.4 is 14.2 Å². The summed E-state index contributed by atoms with van der Waals surface area (Å²) in [5.74, 6) is -1.88. The smallest absolute Gasteiger partial charge is 0.496 e. The van der Waals surface area contributed by atoms with Gasteiger partial charge in [-0.3, -0.25) is 4.79 Å². The summed E-state index contributed by atoms with van der Waals surface area (Å²) < 4.78 is 79.7. The van der Waals surface area contributed by atoms with Crippen LogP contribution in [0.3, 0.4) is 0 Å². The Kier molecular flexibility index (Phi) is 6.04. The van der Waals surface area contributed by atoms with E-state index >= 15 is 0 Å². The average Bonchev–Trinajstić information content (AvgIpc) is 2.96. The molecule has 2 atom stereocenters. The van der Waals surface area contributed by atoms with Crippen LogP contribution in [0, 0.1) is 5.82 Å². The number of alkyl halides is 4. The van der Waals surface area contributed by atoms with E-state index in [1.165, 1.54) is 37.3 Å². The number of hydrogen-bond acceptors (Lipinski definition) is 4. The zero-order chi connectivity index (χ0) is 22.1. The zero-order valence-corrected chi connectivity index (χ0v) is 16.0. The molecule has 2 aromatic carbocycles. The van der Waals surface area contributed by atoms with E-state index in [0.717, 1.165) is 18.2 Å². The van der Waals surface area contributed by atoms with Crippen LogP contribution in [-0.4, -0.2) is 37.6 Å². The molecule has 162 valence electrons. The van der Waals surface area contributed by atoms with Gasteiger partial charge in [-0.05, 0) is 29.8 Å². The SMILES string of the molecule is COc1ccc(F)c(OC)c1[C@H]1C[C@H](F)C(=O)N1Cc1ccc(OC(F)(F)F)cc1. The normalized spacial score (nSPS) is 19.2. The number of nitrogens with zero attached hydrogens (tertiary/aromatic N) is 1. The molecule has 2 aromatic rings.